The summed E-state index contributed by atoms with van der Waals surface area (Å²) >= 11 is 0. The first-order valence-corrected chi connectivity index (χ1v) is 5.76. The van der Waals surface area contributed by atoms with Crippen LogP contribution in [0.25, 0.3) is 0 Å². The first-order valence-electron chi connectivity index (χ1n) is 5.76. The number of aryl methyl sites for hydroxylation is 2. The number of rotatable bonds is 6. The molecule has 0 spiro atoms. The van der Waals surface area contributed by atoms with Gasteiger partial charge in [-0.2, -0.15) is 0 Å². The molecule has 2 aromatic rings. The Balaban J connectivity index is 1.87. The molecule has 2 rings (SSSR count). The topological polar surface area (TPSA) is 80.9 Å². The molecule has 0 aliphatic heterocycles. The summed E-state index contributed by atoms with van der Waals surface area (Å²) in [6, 6.07) is 10.1. The highest BCUT2D eigenvalue weighted by atomic mass is 16.4. The van der Waals surface area contributed by atoms with Gasteiger partial charge in [-0.05, 0) is 28.8 Å². The Morgan fingerprint density at radius 2 is 2.00 bits per heavy atom. The van der Waals surface area contributed by atoms with Crippen molar-refractivity contribution in [1.82, 2.24) is 20.2 Å². The number of hydrogen-bond acceptors (Lipinski definition) is 4. The molecule has 0 saturated heterocycles. The maximum absolute atomic E-state index is 10.6. The Bertz CT molecular complexity index is 510. The number of aliphatic carboxylic acids is 1. The van der Waals surface area contributed by atoms with Crippen molar-refractivity contribution in [2.75, 3.05) is 0 Å². The predicted octanol–water partition coefficient (Wildman–Crippen LogP) is 0.933. The average Bonchev–Trinajstić information content (AvgIpc) is 2.77. The summed E-state index contributed by atoms with van der Waals surface area (Å²) in [5.74, 6) is -0.319. The number of benzene rings is 1. The number of aromatic nitrogens is 4. The van der Waals surface area contributed by atoms with Crippen LogP contribution >= 0.6 is 0 Å². The normalized spacial score (nSPS) is 10.4. The van der Waals surface area contributed by atoms with Crippen molar-refractivity contribution < 1.29 is 9.90 Å². The summed E-state index contributed by atoms with van der Waals surface area (Å²) in [6.45, 7) is -0.187. The maximum Gasteiger partial charge on any atom is 0.325 e. The second kappa shape index (κ2) is 5.90. The van der Waals surface area contributed by atoms with Gasteiger partial charge in [0.15, 0.2) is 5.82 Å². The minimum absolute atomic E-state index is 0.187. The molecule has 0 radical (unpaired) electrons. The highest BCUT2D eigenvalue weighted by molar-refractivity contribution is 5.66. The number of tetrazole rings is 1. The second-order valence-corrected chi connectivity index (χ2v) is 3.99. The summed E-state index contributed by atoms with van der Waals surface area (Å²) in [6.07, 6.45) is 2.50. The van der Waals surface area contributed by atoms with Crippen LogP contribution in [0.2, 0.25) is 0 Å². The van der Waals surface area contributed by atoms with Crippen LogP contribution in [0, 0.1) is 0 Å². The van der Waals surface area contributed by atoms with Gasteiger partial charge in [-0.1, -0.05) is 30.3 Å². The lowest BCUT2D eigenvalue weighted by Gasteiger charge is -2.02. The minimum Gasteiger partial charge on any atom is -0.480 e. The number of carboxylic acids is 1. The van der Waals surface area contributed by atoms with Crippen LogP contribution < -0.4 is 0 Å². The molecule has 1 heterocycles. The van der Waals surface area contributed by atoms with Gasteiger partial charge in [0.25, 0.3) is 0 Å². The summed E-state index contributed by atoms with van der Waals surface area (Å²) in [5.41, 5.74) is 1.26. The van der Waals surface area contributed by atoms with Crippen molar-refractivity contribution in [3.8, 4) is 0 Å². The zero-order valence-electron chi connectivity index (χ0n) is 9.86. The second-order valence-electron chi connectivity index (χ2n) is 3.99. The lowest BCUT2D eigenvalue weighted by molar-refractivity contribution is -0.138. The molecule has 0 atom stereocenters. The van der Waals surface area contributed by atoms with Gasteiger partial charge in [-0.25, -0.2) is 4.68 Å². The van der Waals surface area contributed by atoms with Gasteiger partial charge >= 0.3 is 5.97 Å². The Morgan fingerprint density at radius 3 is 2.72 bits per heavy atom. The standard InChI is InChI=1S/C12H14N4O2/c17-12(18)9-16-11(13-14-15-16)8-4-7-10-5-2-1-3-6-10/h1-3,5-6H,4,7-9H2,(H,17,18). The van der Waals surface area contributed by atoms with Gasteiger partial charge in [0.05, 0.1) is 0 Å². The number of carbonyl (C=O) groups is 1. The minimum atomic E-state index is -0.938. The van der Waals surface area contributed by atoms with Crippen LogP contribution in [0.1, 0.15) is 17.8 Å². The molecule has 0 saturated carbocycles. The average molecular weight is 246 g/mol. The van der Waals surface area contributed by atoms with Crippen molar-refractivity contribution in [2.24, 2.45) is 0 Å². The summed E-state index contributed by atoms with van der Waals surface area (Å²) in [5, 5.41) is 19.7. The molecule has 0 unspecified atom stereocenters. The fraction of sp³-hybridized carbons (Fsp3) is 0.333. The molecule has 0 aliphatic rings. The van der Waals surface area contributed by atoms with Gasteiger partial charge in [0, 0.05) is 6.42 Å². The fourth-order valence-electron chi connectivity index (χ4n) is 1.75. The molecular weight excluding hydrogens is 232 g/mol. The SMILES string of the molecule is O=C(O)Cn1nnnc1CCCc1ccccc1. The molecule has 1 aromatic heterocycles. The van der Waals surface area contributed by atoms with Gasteiger partial charge in [0.1, 0.15) is 6.54 Å². The van der Waals surface area contributed by atoms with E-state index < -0.39 is 5.97 Å². The van der Waals surface area contributed by atoms with E-state index in [9.17, 15) is 4.79 Å². The monoisotopic (exact) mass is 246 g/mol. The summed E-state index contributed by atoms with van der Waals surface area (Å²) in [4.78, 5) is 10.6. The van der Waals surface area contributed by atoms with E-state index in [2.05, 4.69) is 27.7 Å². The highest BCUT2D eigenvalue weighted by Gasteiger charge is 2.08. The van der Waals surface area contributed by atoms with Crippen molar-refractivity contribution in [3.05, 3.63) is 41.7 Å². The third-order valence-corrected chi connectivity index (χ3v) is 2.60. The molecule has 6 heteroatoms. The Hall–Kier alpha value is -2.24. The molecule has 1 N–H and O–H groups in total. The lowest BCUT2D eigenvalue weighted by atomic mass is 10.1. The van der Waals surface area contributed by atoms with Crippen molar-refractivity contribution >= 4 is 5.97 Å². The third kappa shape index (κ3) is 3.38. The van der Waals surface area contributed by atoms with Crippen LogP contribution in [0.5, 0.6) is 0 Å². The Morgan fingerprint density at radius 1 is 1.22 bits per heavy atom. The van der Waals surface area contributed by atoms with Crippen molar-refractivity contribution in [3.63, 3.8) is 0 Å². The summed E-state index contributed by atoms with van der Waals surface area (Å²) in [7, 11) is 0. The Kier molecular flexibility index (Phi) is 4.01. The molecule has 0 amide bonds. The van der Waals surface area contributed by atoms with E-state index in [4.69, 9.17) is 5.11 Å². The molecule has 0 aliphatic carbocycles. The van der Waals surface area contributed by atoms with Crippen molar-refractivity contribution in [1.29, 1.82) is 0 Å². The number of carboxylic acid groups (broad SMARTS) is 1. The molecule has 0 bridgehead atoms. The first kappa shape index (κ1) is 12.2. The summed E-state index contributed by atoms with van der Waals surface area (Å²) < 4.78 is 1.33. The van der Waals surface area contributed by atoms with E-state index in [0.29, 0.717) is 12.2 Å². The van der Waals surface area contributed by atoms with E-state index in [0.717, 1.165) is 12.8 Å². The molecule has 6 nitrogen and oxygen atoms in total. The van der Waals surface area contributed by atoms with Gasteiger partial charge in [-0.15, -0.1) is 5.10 Å². The molecular formula is C12H14N4O2. The highest BCUT2D eigenvalue weighted by Crippen LogP contribution is 2.05. The van der Waals surface area contributed by atoms with Gasteiger partial charge < -0.3 is 5.11 Å². The van der Waals surface area contributed by atoms with E-state index in [1.54, 1.807) is 0 Å². The molecule has 1 aromatic carbocycles. The van der Waals surface area contributed by atoms with Crippen LogP contribution in [0.3, 0.4) is 0 Å². The van der Waals surface area contributed by atoms with Crippen LogP contribution in [0.4, 0.5) is 0 Å². The predicted molar refractivity (Wildman–Crippen MR) is 63.9 cm³/mol. The zero-order valence-corrected chi connectivity index (χ0v) is 9.86. The van der Waals surface area contributed by atoms with Gasteiger partial charge in [-0.3, -0.25) is 4.79 Å². The lowest BCUT2D eigenvalue weighted by Crippen LogP contribution is -2.13. The molecule has 18 heavy (non-hydrogen) atoms. The third-order valence-electron chi connectivity index (χ3n) is 2.60. The number of nitrogens with zero attached hydrogens (tertiary/aromatic N) is 4. The first-order chi connectivity index (χ1) is 8.75. The van der Waals surface area contributed by atoms with E-state index in [1.165, 1.54) is 10.2 Å². The smallest absolute Gasteiger partial charge is 0.325 e. The van der Waals surface area contributed by atoms with Crippen LogP contribution in [-0.4, -0.2) is 31.3 Å². The Labute approximate surface area is 104 Å². The zero-order chi connectivity index (χ0) is 12.8. The molecule has 0 fully saturated rings. The maximum atomic E-state index is 10.6. The molecule has 94 valence electrons. The van der Waals surface area contributed by atoms with E-state index in [-0.39, 0.29) is 6.54 Å². The van der Waals surface area contributed by atoms with Crippen LogP contribution in [-0.2, 0) is 24.2 Å². The van der Waals surface area contributed by atoms with E-state index in [1.807, 2.05) is 18.2 Å². The largest absolute Gasteiger partial charge is 0.480 e. The quantitative estimate of drug-likeness (QED) is 0.820. The number of hydrogen-bond donors (Lipinski definition) is 1. The van der Waals surface area contributed by atoms with E-state index >= 15 is 0 Å². The van der Waals surface area contributed by atoms with Crippen LogP contribution in [0.15, 0.2) is 30.3 Å². The fourth-order valence-corrected chi connectivity index (χ4v) is 1.75. The van der Waals surface area contributed by atoms with Crippen molar-refractivity contribution in [2.45, 2.75) is 25.8 Å². The van der Waals surface area contributed by atoms with Gasteiger partial charge in [0.2, 0.25) is 0 Å².